The van der Waals surface area contributed by atoms with E-state index in [4.69, 9.17) is 0 Å². The van der Waals surface area contributed by atoms with Crippen molar-refractivity contribution in [3.8, 4) is 0 Å². The second kappa shape index (κ2) is 7.94. The monoisotopic (exact) mass is 326 g/mol. The molecule has 19 heavy (non-hydrogen) atoms. The quantitative estimate of drug-likeness (QED) is 0.843. The van der Waals surface area contributed by atoms with Gasteiger partial charge in [-0.25, -0.2) is 0 Å². The molecule has 0 heterocycles. The fourth-order valence-electron chi connectivity index (χ4n) is 1.47. The Morgan fingerprint density at radius 2 is 2.11 bits per heavy atom. The van der Waals surface area contributed by atoms with Crippen molar-refractivity contribution in [3.05, 3.63) is 34.3 Å². The van der Waals surface area contributed by atoms with E-state index in [1.807, 2.05) is 19.9 Å². The maximum Gasteiger partial charge on any atom is 0.251 e. The highest BCUT2D eigenvalue weighted by Crippen LogP contribution is 2.11. The number of hydrogen-bond acceptors (Lipinski definition) is 2. The van der Waals surface area contributed by atoms with Gasteiger partial charge in [-0.3, -0.25) is 9.59 Å². The zero-order valence-corrected chi connectivity index (χ0v) is 12.8. The van der Waals surface area contributed by atoms with E-state index in [0.29, 0.717) is 18.5 Å². The Kier molecular flexibility index (Phi) is 6.56. The van der Waals surface area contributed by atoms with Crippen LogP contribution in [0, 0.1) is 0 Å². The highest BCUT2D eigenvalue weighted by atomic mass is 79.9. The van der Waals surface area contributed by atoms with Gasteiger partial charge in [-0.15, -0.1) is 0 Å². The molecule has 104 valence electrons. The van der Waals surface area contributed by atoms with Crippen LogP contribution >= 0.6 is 15.9 Å². The van der Waals surface area contributed by atoms with Crippen molar-refractivity contribution >= 4 is 27.7 Å². The normalized spacial score (nSPS) is 11.7. The maximum absolute atomic E-state index is 11.8. The summed E-state index contributed by atoms with van der Waals surface area (Å²) >= 11 is 3.31. The number of rotatable bonds is 6. The van der Waals surface area contributed by atoms with Gasteiger partial charge in [0, 0.05) is 29.0 Å². The Bertz CT molecular complexity index is 449. The molecule has 0 fully saturated rings. The fraction of sp³-hybridized carbons (Fsp3) is 0.429. The molecule has 1 aromatic carbocycles. The van der Waals surface area contributed by atoms with E-state index in [9.17, 15) is 9.59 Å². The van der Waals surface area contributed by atoms with Gasteiger partial charge in [0.25, 0.3) is 5.91 Å². The number of hydrogen-bond donors (Lipinski definition) is 2. The SMILES string of the molecule is CCC(C)NC(=O)CCNC(=O)c1cccc(Br)c1. The third kappa shape index (κ3) is 5.87. The van der Waals surface area contributed by atoms with Gasteiger partial charge in [-0.05, 0) is 31.5 Å². The van der Waals surface area contributed by atoms with Crippen LogP contribution in [-0.2, 0) is 4.79 Å². The smallest absolute Gasteiger partial charge is 0.251 e. The molecule has 2 N–H and O–H groups in total. The van der Waals surface area contributed by atoms with Gasteiger partial charge in [0.15, 0.2) is 0 Å². The first-order valence-corrected chi connectivity index (χ1v) is 7.15. The molecule has 2 amide bonds. The summed E-state index contributed by atoms with van der Waals surface area (Å²) in [6.45, 7) is 4.31. The summed E-state index contributed by atoms with van der Waals surface area (Å²) in [5.74, 6) is -0.207. The Morgan fingerprint density at radius 1 is 1.37 bits per heavy atom. The molecule has 0 aliphatic carbocycles. The molecule has 0 aliphatic heterocycles. The summed E-state index contributed by atoms with van der Waals surface area (Å²) < 4.78 is 0.856. The molecule has 0 radical (unpaired) electrons. The number of nitrogens with one attached hydrogen (secondary N) is 2. The second-order valence-corrected chi connectivity index (χ2v) is 5.31. The predicted octanol–water partition coefficient (Wildman–Crippen LogP) is 2.48. The summed E-state index contributed by atoms with van der Waals surface area (Å²) in [7, 11) is 0. The minimum absolute atomic E-state index is 0.0381. The average molecular weight is 327 g/mol. The van der Waals surface area contributed by atoms with E-state index in [1.54, 1.807) is 18.2 Å². The van der Waals surface area contributed by atoms with E-state index in [2.05, 4.69) is 26.6 Å². The van der Waals surface area contributed by atoms with E-state index in [1.165, 1.54) is 0 Å². The van der Waals surface area contributed by atoms with Crippen molar-refractivity contribution < 1.29 is 9.59 Å². The lowest BCUT2D eigenvalue weighted by Gasteiger charge is -2.11. The third-order valence-electron chi connectivity index (χ3n) is 2.74. The van der Waals surface area contributed by atoms with Crippen molar-refractivity contribution in [2.24, 2.45) is 0 Å². The lowest BCUT2D eigenvalue weighted by molar-refractivity contribution is -0.121. The average Bonchev–Trinajstić information content (AvgIpc) is 2.38. The first-order valence-electron chi connectivity index (χ1n) is 6.36. The summed E-state index contributed by atoms with van der Waals surface area (Å²) in [6.07, 6.45) is 1.19. The van der Waals surface area contributed by atoms with E-state index in [0.717, 1.165) is 10.9 Å². The molecule has 1 aromatic rings. The summed E-state index contributed by atoms with van der Waals surface area (Å²) in [4.78, 5) is 23.3. The highest BCUT2D eigenvalue weighted by Gasteiger charge is 2.08. The van der Waals surface area contributed by atoms with E-state index < -0.39 is 0 Å². The van der Waals surface area contributed by atoms with Crippen LogP contribution in [0.25, 0.3) is 0 Å². The molecule has 0 bridgehead atoms. The highest BCUT2D eigenvalue weighted by molar-refractivity contribution is 9.10. The van der Waals surface area contributed by atoms with Crippen LogP contribution in [-0.4, -0.2) is 24.4 Å². The largest absolute Gasteiger partial charge is 0.354 e. The zero-order valence-electron chi connectivity index (χ0n) is 11.2. The van der Waals surface area contributed by atoms with Crippen molar-refractivity contribution in [1.29, 1.82) is 0 Å². The van der Waals surface area contributed by atoms with Crippen LogP contribution in [0.5, 0.6) is 0 Å². The number of amides is 2. The van der Waals surface area contributed by atoms with Crippen molar-refractivity contribution in [1.82, 2.24) is 10.6 Å². The van der Waals surface area contributed by atoms with Gasteiger partial charge < -0.3 is 10.6 Å². The van der Waals surface area contributed by atoms with Gasteiger partial charge in [0.2, 0.25) is 5.91 Å². The van der Waals surface area contributed by atoms with Crippen molar-refractivity contribution in [2.75, 3.05) is 6.54 Å². The number of carbonyl (C=O) groups is 2. The van der Waals surface area contributed by atoms with Crippen LogP contribution in [0.3, 0.4) is 0 Å². The molecule has 0 saturated carbocycles. The number of halogens is 1. The van der Waals surface area contributed by atoms with Crippen LogP contribution < -0.4 is 10.6 Å². The number of carbonyl (C=O) groups excluding carboxylic acids is 2. The van der Waals surface area contributed by atoms with Gasteiger partial charge in [0.1, 0.15) is 0 Å². The van der Waals surface area contributed by atoms with Crippen LogP contribution in [0.4, 0.5) is 0 Å². The van der Waals surface area contributed by atoms with Crippen molar-refractivity contribution in [2.45, 2.75) is 32.7 Å². The standard InChI is InChI=1S/C14H19BrN2O2/c1-3-10(2)17-13(18)7-8-16-14(19)11-5-4-6-12(15)9-11/h4-6,9-10H,3,7-8H2,1-2H3,(H,16,19)(H,17,18). The van der Waals surface area contributed by atoms with Gasteiger partial charge >= 0.3 is 0 Å². The summed E-state index contributed by atoms with van der Waals surface area (Å²) in [6, 6.07) is 7.31. The molecular formula is C14H19BrN2O2. The van der Waals surface area contributed by atoms with Crippen LogP contribution in [0.15, 0.2) is 28.7 Å². The molecule has 5 heteroatoms. The first-order chi connectivity index (χ1) is 9.02. The minimum atomic E-state index is -0.169. The van der Waals surface area contributed by atoms with Gasteiger partial charge in [-0.2, -0.15) is 0 Å². The fourth-order valence-corrected chi connectivity index (χ4v) is 1.87. The Balaban J connectivity index is 2.33. The topological polar surface area (TPSA) is 58.2 Å². The molecule has 0 aromatic heterocycles. The summed E-state index contributed by atoms with van der Waals surface area (Å²) in [5.41, 5.74) is 0.580. The van der Waals surface area contributed by atoms with E-state index >= 15 is 0 Å². The van der Waals surface area contributed by atoms with E-state index in [-0.39, 0.29) is 17.9 Å². The molecule has 1 atom stereocenters. The predicted molar refractivity (Wildman–Crippen MR) is 79.0 cm³/mol. The molecule has 4 nitrogen and oxygen atoms in total. The Labute approximate surface area is 122 Å². The molecule has 0 aliphatic rings. The molecule has 1 unspecified atom stereocenters. The third-order valence-corrected chi connectivity index (χ3v) is 3.24. The minimum Gasteiger partial charge on any atom is -0.354 e. The molecule has 0 saturated heterocycles. The lowest BCUT2D eigenvalue weighted by atomic mass is 10.2. The maximum atomic E-state index is 11.8. The zero-order chi connectivity index (χ0) is 14.3. The number of benzene rings is 1. The van der Waals surface area contributed by atoms with Gasteiger partial charge in [-0.1, -0.05) is 28.9 Å². The lowest BCUT2D eigenvalue weighted by Crippen LogP contribution is -2.35. The first kappa shape index (κ1) is 15.7. The van der Waals surface area contributed by atoms with Crippen LogP contribution in [0.1, 0.15) is 37.0 Å². The van der Waals surface area contributed by atoms with Gasteiger partial charge in [0.05, 0.1) is 0 Å². The Morgan fingerprint density at radius 3 is 2.74 bits per heavy atom. The molecule has 0 spiro atoms. The Hall–Kier alpha value is -1.36. The second-order valence-electron chi connectivity index (χ2n) is 4.39. The van der Waals surface area contributed by atoms with Crippen molar-refractivity contribution in [3.63, 3.8) is 0 Å². The molecule has 1 rings (SSSR count). The van der Waals surface area contributed by atoms with Crippen LogP contribution in [0.2, 0.25) is 0 Å². The molecular weight excluding hydrogens is 308 g/mol. The summed E-state index contributed by atoms with van der Waals surface area (Å²) in [5, 5.41) is 5.58.